The molecule has 0 saturated carbocycles. The lowest BCUT2D eigenvalue weighted by Gasteiger charge is -2.29. The van der Waals surface area contributed by atoms with E-state index in [-0.39, 0.29) is 11.4 Å². The molecule has 0 aliphatic carbocycles. The minimum atomic E-state index is -3.71. The van der Waals surface area contributed by atoms with Crippen molar-refractivity contribution in [1.82, 2.24) is 0 Å². The highest BCUT2D eigenvalue weighted by Crippen LogP contribution is 2.25. The van der Waals surface area contributed by atoms with Gasteiger partial charge in [-0.15, -0.1) is 0 Å². The van der Waals surface area contributed by atoms with Gasteiger partial charge in [0.2, 0.25) is 10.0 Å². The van der Waals surface area contributed by atoms with Gasteiger partial charge in [0.1, 0.15) is 5.82 Å². The number of morpholine rings is 1. The summed E-state index contributed by atoms with van der Waals surface area (Å²) < 4.78 is 46.6. The fraction of sp³-hybridized carbons (Fsp3) is 0.333. The SMILES string of the molecule is Cc1cccc(CS(=O)(=O)Nc2cc(N3CCOCC3)ccc2F)c1. The quantitative estimate of drug-likeness (QED) is 0.886. The fourth-order valence-corrected chi connectivity index (χ4v) is 4.02. The third kappa shape index (κ3) is 4.70. The van der Waals surface area contributed by atoms with Gasteiger partial charge >= 0.3 is 0 Å². The molecule has 1 saturated heterocycles. The number of nitrogens with one attached hydrogen (secondary N) is 1. The van der Waals surface area contributed by atoms with Gasteiger partial charge in [-0.05, 0) is 30.7 Å². The van der Waals surface area contributed by atoms with Gasteiger partial charge in [0.25, 0.3) is 0 Å². The zero-order valence-corrected chi connectivity index (χ0v) is 14.9. The Kier molecular flexibility index (Phi) is 5.24. The second-order valence-corrected chi connectivity index (χ2v) is 7.84. The van der Waals surface area contributed by atoms with Crippen molar-refractivity contribution in [3.8, 4) is 0 Å². The predicted octanol–water partition coefficient (Wildman–Crippen LogP) is 2.91. The lowest BCUT2D eigenvalue weighted by atomic mass is 10.2. The molecule has 25 heavy (non-hydrogen) atoms. The summed E-state index contributed by atoms with van der Waals surface area (Å²) in [6, 6.07) is 11.7. The van der Waals surface area contributed by atoms with Crippen LogP contribution in [0.5, 0.6) is 0 Å². The molecule has 3 rings (SSSR count). The van der Waals surface area contributed by atoms with Crippen LogP contribution >= 0.6 is 0 Å². The van der Waals surface area contributed by atoms with Crippen molar-refractivity contribution in [2.75, 3.05) is 35.9 Å². The molecule has 1 aliphatic rings. The predicted molar refractivity (Wildman–Crippen MR) is 96.9 cm³/mol. The van der Waals surface area contributed by atoms with Crippen LogP contribution in [-0.4, -0.2) is 34.7 Å². The summed E-state index contributed by atoms with van der Waals surface area (Å²) >= 11 is 0. The van der Waals surface area contributed by atoms with Gasteiger partial charge in [-0.25, -0.2) is 12.8 Å². The minimum Gasteiger partial charge on any atom is -0.378 e. The van der Waals surface area contributed by atoms with E-state index in [4.69, 9.17) is 4.74 Å². The minimum absolute atomic E-state index is 0.0309. The second-order valence-electron chi connectivity index (χ2n) is 6.11. The highest BCUT2D eigenvalue weighted by Gasteiger charge is 2.17. The summed E-state index contributed by atoms with van der Waals surface area (Å²) in [5, 5.41) is 0. The van der Waals surface area contributed by atoms with Gasteiger partial charge in [0.15, 0.2) is 0 Å². The number of anilines is 2. The molecule has 0 spiro atoms. The van der Waals surface area contributed by atoms with E-state index in [0.717, 1.165) is 11.3 Å². The molecule has 5 nitrogen and oxygen atoms in total. The first-order valence-electron chi connectivity index (χ1n) is 8.11. The molecule has 1 heterocycles. The Balaban J connectivity index is 1.78. The molecule has 0 bridgehead atoms. The van der Waals surface area contributed by atoms with Gasteiger partial charge in [0.05, 0.1) is 24.7 Å². The Bertz CT molecular complexity index is 849. The van der Waals surface area contributed by atoms with E-state index in [1.165, 1.54) is 12.1 Å². The average Bonchev–Trinajstić information content (AvgIpc) is 2.57. The largest absolute Gasteiger partial charge is 0.378 e. The number of hydrogen-bond donors (Lipinski definition) is 1. The third-order valence-corrected chi connectivity index (χ3v) is 5.28. The Labute approximate surface area is 147 Å². The lowest BCUT2D eigenvalue weighted by Crippen LogP contribution is -2.36. The van der Waals surface area contributed by atoms with Gasteiger partial charge in [-0.2, -0.15) is 0 Å². The summed E-state index contributed by atoms with van der Waals surface area (Å²) in [5.41, 5.74) is 2.39. The molecule has 2 aromatic rings. The number of sulfonamides is 1. The Morgan fingerprint density at radius 3 is 2.64 bits per heavy atom. The topological polar surface area (TPSA) is 58.6 Å². The fourth-order valence-electron chi connectivity index (χ4n) is 2.83. The molecule has 0 radical (unpaired) electrons. The molecule has 0 unspecified atom stereocenters. The zero-order valence-electron chi connectivity index (χ0n) is 14.0. The van der Waals surface area contributed by atoms with Gasteiger partial charge in [-0.3, -0.25) is 4.72 Å². The van der Waals surface area contributed by atoms with Crippen LogP contribution in [0, 0.1) is 12.7 Å². The van der Waals surface area contributed by atoms with E-state index in [2.05, 4.69) is 4.72 Å². The average molecular weight is 364 g/mol. The van der Waals surface area contributed by atoms with Crippen molar-refractivity contribution in [2.45, 2.75) is 12.7 Å². The van der Waals surface area contributed by atoms with Crippen LogP contribution in [0.2, 0.25) is 0 Å². The van der Waals surface area contributed by atoms with E-state index in [9.17, 15) is 12.8 Å². The first kappa shape index (κ1) is 17.7. The molecule has 0 aromatic heterocycles. The second kappa shape index (κ2) is 7.41. The highest BCUT2D eigenvalue weighted by molar-refractivity contribution is 7.91. The molecular formula is C18H21FN2O3S. The number of aryl methyl sites for hydroxylation is 1. The van der Waals surface area contributed by atoms with E-state index < -0.39 is 15.8 Å². The van der Waals surface area contributed by atoms with Crippen molar-refractivity contribution in [1.29, 1.82) is 0 Å². The zero-order chi connectivity index (χ0) is 17.9. The van der Waals surface area contributed by atoms with E-state index in [1.54, 1.807) is 24.3 Å². The van der Waals surface area contributed by atoms with E-state index >= 15 is 0 Å². The molecular weight excluding hydrogens is 343 g/mol. The maximum atomic E-state index is 14.1. The number of hydrogen-bond acceptors (Lipinski definition) is 4. The number of halogens is 1. The molecule has 134 valence electrons. The van der Waals surface area contributed by atoms with E-state index in [0.29, 0.717) is 31.9 Å². The summed E-state index contributed by atoms with van der Waals surface area (Å²) in [6.07, 6.45) is 0. The van der Waals surface area contributed by atoms with Crippen LogP contribution in [0.4, 0.5) is 15.8 Å². The van der Waals surface area contributed by atoms with Crippen molar-refractivity contribution in [3.05, 3.63) is 59.4 Å². The van der Waals surface area contributed by atoms with Crippen molar-refractivity contribution < 1.29 is 17.5 Å². The number of rotatable bonds is 5. The van der Waals surface area contributed by atoms with Crippen molar-refractivity contribution >= 4 is 21.4 Å². The number of benzene rings is 2. The molecule has 1 N–H and O–H groups in total. The highest BCUT2D eigenvalue weighted by atomic mass is 32.2. The Hall–Kier alpha value is -2.12. The van der Waals surface area contributed by atoms with Crippen LogP contribution in [-0.2, 0) is 20.5 Å². The number of nitrogens with zero attached hydrogens (tertiary/aromatic N) is 1. The molecule has 1 fully saturated rings. The van der Waals surface area contributed by atoms with Gasteiger partial charge in [0, 0.05) is 18.8 Å². The van der Waals surface area contributed by atoms with Gasteiger partial charge in [-0.1, -0.05) is 29.8 Å². The van der Waals surface area contributed by atoms with Crippen LogP contribution in [0.3, 0.4) is 0 Å². The summed E-state index contributed by atoms with van der Waals surface area (Å²) in [7, 11) is -3.71. The molecule has 2 aromatic carbocycles. The molecule has 0 atom stereocenters. The smallest absolute Gasteiger partial charge is 0.237 e. The van der Waals surface area contributed by atoms with Gasteiger partial charge < -0.3 is 9.64 Å². The first-order chi connectivity index (χ1) is 11.9. The normalized spacial score (nSPS) is 15.2. The maximum absolute atomic E-state index is 14.1. The Morgan fingerprint density at radius 2 is 1.92 bits per heavy atom. The molecule has 0 amide bonds. The monoisotopic (exact) mass is 364 g/mol. The Morgan fingerprint density at radius 1 is 1.16 bits per heavy atom. The van der Waals surface area contributed by atoms with Crippen molar-refractivity contribution in [2.24, 2.45) is 0 Å². The van der Waals surface area contributed by atoms with Crippen LogP contribution in [0.15, 0.2) is 42.5 Å². The summed E-state index contributed by atoms with van der Waals surface area (Å²) in [4.78, 5) is 2.04. The van der Waals surface area contributed by atoms with Crippen LogP contribution in [0.1, 0.15) is 11.1 Å². The summed E-state index contributed by atoms with van der Waals surface area (Å²) in [6.45, 7) is 4.49. The van der Waals surface area contributed by atoms with Crippen LogP contribution in [0.25, 0.3) is 0 Å². The van der Waals surface area contributed by atoms with Crippen molar-refractivity contribution in [3.63, 3.8) is 0 Å². The first-order valence-corrected chi connectivity index (χ1v) is 9.76. The maximum Gasteiger partial charge on any atom is 0.237 e. The summed E-state index contributed by atoms with van der Waals surface area (Å²) in [5.74, 6) is -0.791. The van der Waals surface area contributed by atoms with E-state index in [1.807, 2.05) is 17.9 Å². The molecule has 7 heteroatoms. The molecule has 1 aliphatic heterocycles. The van der Waals surface area contributed by atoms with Crippen LogP contribution < -0.4 is 9.62 Å². The standard InChI is InChI=1S/C18H21FN2O3S/c1-14-3-2-4-15(11-14)13-25(22,23)20-18-12-16(5-6-17(18)19)21-7-9-24-10-8-21/h2-6,11-12,20H,7-10,13H2,1H3. The lowest BCUT2D eigenvalue weighted by molar-refractivity contribution is 0.122. The third-order valence-electron chi connectivity index (χ3n) is 4.03. The number of ether oxygens (including phenoxy) is 1.